The van der Waals surface area contributed by atoms with Crippen LogP contribution in [0.1, 0.15) is 27.8 Å². The second-order valence-corrected chi connectivity index (χ2v) is 8.93. The molecule has 5 aromatic carbocycles. The number of benzene rings is 5. The van der Waals surface area contributed by atoms with Crippen molar-refractivity contribution in [1.29, 1.82) is 0 Å². The Morgan fingerprint density at radius 3 is 1.56 bits per heavy atom. The van der Waals surface area contributed by atoms with E-state index >= 15 is 0 Å². The Labute approximate surface area is 188 Å². The highest BCUT2D eigenvalue weighted by Crippen LogP contribution is 2.64. The number of hydrogen-bond donors (Lipinski definition) is 0. The Hall–Kier alpha value is -3.90. The zero-order valence-electron chi connectivity index (χ0n) is 18.0. The van der Waals surface area contributed by atoms with Gasteiger partial charge >= 0.3 is 0 Å². The van der Waals surface area contributed by atoms with Gasteiger partial charge in [-0.15, -0.1) is 0 Å². The van der Waals surface area contributed by atoms with Gasteiger partial charge in [0.05, 0.1) is 5.41 Å². The third kappa shape index (κ3) is 2.03. The third-order valence-corrected chi connectivity index (χ3v) is 7.43. The summed E-state index contributed by atoms with van der Waals surface area (Å²) >= 11 is 0. The van der Waals surface area contributed by atoms with E-state index in [2.05, 4.69) is 122 Å². The molecule has 0 bridgehead atoms. The van der Waals surface area contributed by atoms with Crippen molar-refractivity contribution in [2.45, 2.75) is 12.3 Å². The van der Waals surface area contributed by atoms with Crippen molar-refractivity contribution in [3.05, 3.63) is 143 Å². The predicted octanol–water partition coefficient (Wildman–Crippen LogP) is 8.01. The van der Waals surface area contributed by atoms with Crippen LogP contribution in [0.15, 0.2) is 115 Å². The van der Waals surface area contributed by atoms with E-state index in [4.69, 9.17) is 0 Å². The number of rotatable bonds is 1. The van der Waals surface area contributed by atoms with Crippen LogP contribution in [0.25, 0.3) is 33.4 Å². The summed E-state index contributed by atoms with van der Waals surface area (Å²) in [6, 6.07) is 42.6. The Kier molecular flexibility index (Phi) is 3.50. The third-order valence-electron chi connectivity index (χ3n) is 7.43. The molecule has 32 heavy (non-hydrogen) atoms. The lowest BCUT2D eigenvalue weighted by Gasteiger charge is -2.32. The van der Waals surface area contributed by atoms with Gasteiger partial charge in [0, 0.05) is 0 Å². The van der Waals surface area contributed by atoms with Crippen molar-refractivity contribution in [1.82, 2.24) is 0 Å². The van der Waals surface area contributed by atoms with E-state index < -0.39 is 0 Å². The molecular formula is C32H22. The van der Waals surface area contributed by atoms with E-state index in [0.717, 1.165) is 0 Å². The highest BCUT2D eigenvalue weighted by atomic mass is 14.5. The molecular weight excluding hydrogens is 384 g/mol. The summed E-state index contributed by atoms with van der Waals surface area (Å²) in [6.07, 6.45) is 0. The maximum Gasteiger partial charge on any atom is 0.0731 e. The molecule has 1 spiro atoms. The van der Waals surface area contributed by atoms with E-state index in [1.165, 1.54) is 61.2 Å². The zero-order chi connectivity index (χ0) is 21.3. The number of fused-ring (bicyclic) bond motifs is 10. The minimum absolute atomic E-state index is 0.295. The van der Waals surface area contributed by atoms with E-state index in [-0.39, 0.29) is 5.41 Å². The molecule has 2 aliphatic carbocycles. The molecule has 0 saturated heterocycles. The summed E-state index contributed by atoms with van der Waals surface area (Å²) in [5.74, 6) is 0. The van der Waals surface area contributed by atoms with Gasteiger partial charge in [0.15, 0.2) is 0 Å². The Balaban J connectivity index is 1.74. The van der Waals surface area contributed by atoms with Crippen molar-refractivity contribution >= 4 is 0 Å². The summed E-state index contributed by atoms with van der Waals surface area (Å²) in [5, 5.41) is 0. The quantitative estimate of drug-likeness (QED) is 0.259. The average Bonchev–Trinajstić information content (AvgIpc) is 3.33. The van der Waals surface area contributed by atoms with Crippen LogP contribution in [-0.4, -0.2) is 0 Å². The standard InChI is InChI=1S/C32H22/c1-21-19-20-23(22-11-3-2-4-12-22)31-30(21)26-15-7-10-18-29(26)32(31)27-16-8-5-13-24(27)25-14-6-9-17-28(25)32/h2-20H,1H3. The minimum Gasteiger partial charge on any atom is -0.0622 e. The maximum absolute atomic E-state index is 2.35. The first kappa shape index (κ1) is 17.7. The zero-order valence-corrected chi connectivity index (χ0v) is 18.0. The number of hydrogen-bond acceptors (Lipinski definition) is 0. The van der Waals surface area contributed by atoms with Crippen LogP contribution < -0.4 is 0 Å². The molecule has 0 unspecified atom stereocenters. The lowest BCUT2D eigenvalue weighted by molar-refractivity contribution is 0.795. The first-order chi connectivity index (χ1) is 15.8. The monoisotopic (exact) mass is 406 g/mol. The molecule has 0 radical (unpaired) electrons. The van der Waals surface area contributed by atoms with Gasteiger partial charge in [-0.2, -0.15) is 0 Å². The normalized spacial score (nSPS) is 14.0. The Morgan fingerprint density at radius 1 is 0.438 bits per heavy atom. The highest BCUT2D eigenvalue weighted by molar-refractivity contribution is 5.99. The Morgan fingerprint density at radius 2 is 0.938 bits per heavy atom. The van der Waals surface area contributed by atoms with Gasteiger partial charge in [-0.25, -0.2) is 0 Å². The summed E-state index contributed by atoms with van der Waals surface area (Å²) in [6.45, 7) is 2.26. The molecule has 7 rings (SSSR count). The van der Waals surface area contributed by atoms with Crippen LogP contribution in [0.2, 0.25) is 0 Å². The van der Waals surface area contributed by atoms with Crippen molar-refractivity contribution in [2.24, 2.45) is 0 Å². The van der Waals surface area contributed by atoms with Crippen molar-refractivity contribution in [3.63, 3.8) is 0 Å². The van der Waals surface area contributed by atoms with Gasteiger partial charge in [-0.1, -0.05) is 115 Å². The van der Waals surface area contributed by atoms with Crippen LogP contribution in [0.5, 0.6) is 0 Å². The molecule has 5 aromatic rings. The fraction of sp³-hybridized carbons (Fsp3) is 0.0625. The van der Waals surface area contributed by atoms with Crippen molar-refractivity contribution in [2.75, 3.05) is 0 Å². The van der Waals surface area contributed by atoms with Crippen molar-refractivity contribution in [3.8, 4) is 33.4 Å². The van der Waals surface area contributed by atoms with Gasteiger partial charge in [-0.3, -0.25) is 0 Å². The fourth-order valence-corrected chi connectivity index (χ4v) is 6.26. The van der Waals surface area contributed by atoms with E-state index in [1.54, 1.807) is 0 Å². The Bertz CT molecular complexity index is 1480. The van der Waals surface area contributed by atoms with Crippen LogP contribution in [0.4, 0.5) is 0 Å². The largest absolute Gasteiger partial charge is 0.0731 e. The molecule has 0 atom stereocenters. The summed E-state index contributed by atoms with van der Waals surface area (Å²) in [7, 11) is 0. The summed E-state index contributed by atoms with van der Waals surface area (Å²) in [5.41, 5.74) is 14.7. The predicted molar refractivity (Wildman–Crippen MR) is 133 cm³/mol. The smallest absolute Gasteiger partial charge is 0.0622 e. The molecule has 0 fully saturated rings. The number of aryl methyl sites for hydroxylation is 1. The van der Waals surface area contributed by atoms with Gasteiger partial charge in [-0.05, 0) is 68.1 Å². The summed E-state index contributed by atoms with van der Waals surface area (Å²) in [4.78, 5) is 0. The molecule has 2 aliphatic rings. The van der Waals surface area contributed by atoms with Gasteiger partial charge in [0.25, 0.3) is 0 Å². The van der Waals surface area contributed by atoms with E-state index in [9.17, 15) is 0 Å². The SMILES string of the molecule is Cc1ccc(-c2ccccc2)c2c1-c1ccccc1C21c2ccccc2-c2ccccc21. The first-order valence-corrected chi connectivity index (χ1v) is 11.3. The molecule has 0 nitrogen and oxygen atoms in total. The molecule has 0 aromatic heterocycles. The second kappa shape index (κ2) is 6.31. The topological polar surface area (TPSA) is 0 Å². The highest BCUT2D eigenvalue weighted by Gasteiger charge is 2.52. The molecule has 0 aliphatic heterocycles. The van der Waals surface area contributed by atoms with Gasteiger partial charge in [0.1, 0.15) is 0 Å². The minimum atomic E-state index is -0.295. The van der Waals surface area contributed by atoms with Gasteiger partial charge in [0.2, 0.25) is 0 Å². The average molecular weight is 407 g/mol. The molecule has 0 heteroatoms. The maximum atomic E-state index is 2.35. The first-order valence-electron chi connectivity index (χ1n) is 11.3. The molecule has 0 amide bonds. The molecule has 0 heterocycles. The second-order valence-electron chi connectivity index (χ2n) is 8.93. The lowest BCUT2D eigenvalue weighted by Crippen LogP contribution is -2.26. The van der Waals surface area contributed by atoms with E-state index in [1.807, 2.05) is 0 Å². The van der Waals surface area contributed by atoms with Crippen LogP contribution in [0.3, 0.4) is 0 Å². The van der Waals surface area contributed by atoms with Gasteiger partial charge < -0.3 is 0 Å². The molecule has 0 N–H and O–H groups in total. The van der Waals surface area contributed by atoms with E-state index in [0.29, 0.717) is 0 Å². The van der Waals surface area contributed by atoms with Crippen LogP contribution in [0, 0.1) is 6.92 Å². The van der Waals surface area contributed by atoms with Crippen LogP contribution >= 0.6 is 0 Å². The fourth-order valence-electron chi connectivity index (χ4n) is 6.26. The van der Waals surface area contributed by atoms with Crippen molar-refractivity contribution < 1.29 is 0 Å². The molecule has 150 valence electrons. The molecule has 0 saturated carbocycles. The lowest BCUT2D eigenvalue weighted by atomic mass is 9.68. The van der Waals surface area contributed by atoms with Crippen LogP contribution in [-0.2, 0) is 5.41 Å². The summed E-state index contributed by atoms with van der Waals surface area (Å²) < 4.78 is 0.